The maximum absolute atomic E-state index is 11.9. The van der Waals surface area contributed by atoms with Crippen molar-refractivity contribution in [1.82, 2.24) is 9.88 Å². The first-order valence-electron chi connectivity index (χ1n) is 7.22. The largest absolute Gasteiger partial charge is 0.369 e. The van der Waals surface area contributed by atoms with Gasteiger partial charge in [-0.25, -0.2) is 4.98 Å². The van der Waals surface area contributed by atoms with Crippen LogP contribution in [0.3, 0.4) is 0 Å². The van der Waals surface area contributed by atoms with Gasteiger partial charge in [-0.15, -0.1) is 0 Å². The summed E-state index contributed by atoms with van der Waals surface area (Å²) in [7, 11) is 4.07. The highest BCUT2D eigenvalue weighted by Gasteiger charge is 2.13. The van der Waals surface area contributed by atoms with Crippen LogP contribution in [-0.4, -0.2) is 43.0 Å². The summed E-state index contributed by atoms with van der Waals surface area (Å²) in [6, 6.07) is 3.77. The Balaban J connectivity index is 2.48. The zero-order valence-electron chi connectivity index (χ0n) is 12.9. The molecule has 112 valence electrons. The lowest BCUT2D eigenvalue weighted by Crippen LogP contribution is -2.22. The molecule has 1 heterocycles. The van der Waals surface area contributed by atoms with Crippen LogP contribution in [0.1, 0.15) is 26.7 Å². The fourth-order valence-corrected chi connectivity index (χ4v) is 1.88. The number of nitrogens with one attached hydrogen (secondary N) is 2. The molecule has 0 aliphatic heterocycles. The number of anilines is 2. The highest BCUT2D eigenvalue weighted by Crippen LogP contribution is 2.14. The zero-order valence-corrected chi connectivity index (χ0v) is 12.9. The van der Waals surface area contributed by atoms with E-state index in [0.29, 0.717) is 0 Å². The maximum Gasteiger partial charge on any atom is 0.227 e. The summed E-state index contributed by atoms with van der Waals surface area (Å²) in [5, 5.41) is 6.14. The van der Waals surface area contributed by atoms with Crippen molar-refractivity contribution in [3.8, 4) is 0 Å². The van der Waals surface area contributed by atoms with E-state index in [0.717, 1.165) is 37.4 Å². The van der Waals surface area contributed by atoms with Crippen LogP contribution in [0.5, 0.6) is 0 Å². The predicted octanol–water partition coefficient (Wildman–Crippen LogP) is 2.43. The van der Waals surface area contributed by atoms with Crippen LogP contribution in [-0.2, 0) is 4.79 Å². The smallest absolute Gasteiger partial charge is 0.227 e. The molecule has 0 radical (unpaired) electrons. The Labute approximate surface area is 121 Å². The van der Waals surface area contributed by atoms with Gasteiger partial charge in [-0.1, -0.05) is 13.8 Å². The van der Waals surface area contributed by atoms with E-state index in [2.05, 4.69) is 20.5 Å². The summed E-state index contributed by atoms with van der Waals surface area (Å²) in [5.41, 5.74) is 0.750. The van der Waals surface area contributed by atoms with E-state index in [1.807, 2.05) is 40.1 Å². The van der Waals surface area contributed by atoms with Crippen molar-refractivity contribution in [3.05, 3.63) is 18.3 Å². The normalized spacial score (nSPS) is 10.9. The molecule has 1 rings (SSSR count). The van der Waals surface area contributed by atoms with E-state index < -0.39 is 0 Å². The molecule has 5 nitrogen and oxygen atoms in total. The van der Waals surface area contributed by atoms with Gasteiger partial charge in [0.15, 0.2) is 0 Å². The first kappa shape index (κ1) is 16.4. The van der Waals surface area contributed by atoms with E-state index in [1.54, 1.807) is 6.20 Å². The van der Waals surface area contributed by atoms with Crippen molar-refractivity contribution in [3.63, 3.8) is 0 Å². The molecule has 0 atom stereocenters. The fraction of sp³-hybridized carbons (Fsp3) is 0.600. The van der Waals surface area contributed by atoms with Gasteiger partial charge in [-0.3, -0.25) is 4.79 Å². The van der Waals surface area contributed by atoms with Crippen LogP contribution in [0.15, 0.2) is 18.3 Å². The molecule has 0 saturated heterocycles. The topological polar surface area (TPSA) is 57.3 Å². The fourth-order valence-electron chi connectivity index (χ4n) is 1.88. The molecule has 0 aliphatic rings. The van der Waals surface area contributed by atoms with Gasteiger partial charge in [0, 0.05) is 19.0 Å². The van der Waals surface area contributed by atoms with Gasteiger partial charge in [0.25, 0.3) is 0 Å². The summed E-state index contributed by atoms with van der Waals surface area (Å²) in [5.74, 6) is 0.977. The van der Waals surface area contributed by atoms with E-state index >= 15 is 0 Å². The lowest BCUT2D eigenvalue weighted by atomic mass is 10.0. The van der Waals surface area contributed by atoms with Gasteiger partial charge >= 0.3 is 0 Å². The van der Waals surface area contributed by atoms with Crippen molar-refractivity contribution in [2.75, 3.05) is 37.8 Å². The molecule has 5 heteroatoms. The third-order valence-electron chi connectivity index (χ3n) is 3.25. The lowest BCUT2D eigenvalue weighted by molar-refractivity contribution is -0.120. The molecule has 1 aromatic rings. The Morgan fingerprint density at radius 1 is 1.30 bits per heavy atom. The number of amides is 1. The first-order valence-corrected chi connectivity index (χ1v) is 7.22. The molecule has 0 fully saturated rings. The lowest BCUT2D eigenvalue weighted by Gasteiger charge is -2.13. The number of pyridine rings is 1. The van der Waals surface area contributed by atoms with Crippen molar-refractivity contribution in [1.29, 1.82) is 0 Å². The molecule has 20 heavy (non-hydrogen) atoms. The summed E-state index contributed by atoms with van der Waals surface area (Å²) < 4.78 is 0. The van der Waals surface area contributed by atoms with Crippen molar-refractivity contribution in [2.45, 2.75) is 26.7 Å². The molecule has 0 aliphatic carbocycles. The van der Waals surface area contributed by atoms with Gasteiger partial charge in [0.1, 0.15) is 5.82 Å². The van der Waals surface area contributed by atoms with Crippen LogP contribution >= 0.6 is 0 Å². The number of hydrogen-bond acceptors (Lipinski definition) is 4. The Bertz CT molecular complexity index is 399. The Morgan fingerprint density at radius 2 is 2.00 bits per heavy atom. The molecular formula is C15H26N4O. The van der Waals surface area contributed by atoms with Crippen molar-refractivity contribution < 1.29 is 4.79 Å². The second-order valence-electron chi connectivity index (χ2n) is 5.16. The van der Waals surface area contributed by atoms with E-state index in [9.17, 15) is 4.79 Å². The Kier molecular flexibility index (Phi) is 7.01. The highest BCUT2D eigenvalue weighted by molar-refractivity contribution is 5.92. The molecule has 2 N–H and O–H groups in total. The third kappa shape index (κ3) is 5.57. The number of carbonyl (C=O) groups is 1. The molecule has 0 aromatic carbocycles. The van der Waals surface area contributed by atoms with Crippen LogP contribution in [0, 0.1) is 5.92 Å². The number of carbonyl (C=O) groups excluding carboxylic acids is 1. The van der Waals surface area contributed by atoms with Crippen molar-refractivity contribution in [2.24, 2.45) is 5.92 Å². The van der Waals surface area contributed by atoms with Crippen molar-refractivity contribution >= 4 is 17.4 Å². The molecule has 1 amide bonds. The van der Waals surface area contributed by atoms with E-state index in [1.165, 1.54) is 0 Å². The van der Waals surface area contributed by atoms with Gasteiger partial charge in [0.05, 0.1) is 11.9 Å². The monoisotopic (exact) mass is 278 g/mol. The van der Waals surface area contributed by atoms with Gasteiger partial charge in [-0.05, 0) is 39.1 Å². The molecule has 1 aromatic heterocycles. The number of likely N-dealkylation sites (N-methyl/N-ethyl adjacent to an activating group) is 1. The summed E-state index contributed by atoms with van der Waals surface area (Å²) in [4.78, 5) is 18.4. The Morgan fingerprint density at radius 3 is 2.50 bits per heavy atom. The standard InChI is InChI=1S/C15H26N4O/c1-5-12(6-2)15(20)18-13-7-8-14(17-11-13)16-9-10-19(3)4/h7-8,11-12H,5-6,9-10H2,1-4H3,(H,16,17)(H,18,20). The van der Waals surface area contributed by atoms with Crippen LogP contribution in [0.25, 0.3) is 0 Å². The minimum absolute atomic E-state index is 0.0742. The minimum Gasteiger partial charge on any atom is -0.369 e. The van der Waals surface area contributed by atoms with Gasteiger partial charge < -0.3 is 15.5 Å². The summed E-state index contributed by atoms with van der Waals surface area (Å²) >= 11 is 0. The van der Waals surface area contributed by atoms with Gasteiger partial charge in [0.2, 0.25) is 5.91 Å². The van der Waals surface area contributed by atoms with E-state index in [4.69, 9.17) is 0 Å². The molecular weight excluding hydrogens is 252 g/mol. The maximum atomic E-state index is 11.9. The second kappa shape index (κ2) is 8.53. The second-order valence-corrected chi connectivity index (χ2v) is 5.16. The SMILES string of the molecule is CCC(CC)C(=O)Nc1ccc(NCCN(C)C)nc1. The zero-order chi connectivity index (χ0) is 15.0. The summed E-state index contributed by atoms with van der Waals surface area (Å²) in [6.45, 7) is 5.86. The third-order valence-corrected chi connectivity index (χ3v) is 3.25. The number of hydrogen-bond donors (Lipinski definition) is 2. The minimum atomic E-state index is 0.0742. The van der Waals surface area contributed by atoms with Crippen LogP contribution in [0.2, 0.25) is 0 Å². The number of rotatable bonds is 8. The van der Waals surface area contributed by atoms with Crippen LogP contribution in [0.4, 0.5) is 11.5 Å². The van der Waals surface area contributed by atoms with Gasteiger partial charge in [-0.2, -0.15) is 0 Å². The first-order chi connectivity index (χ1) is 9.56. The highest BCUT2D eigenvalue weighted by atomic mass is 16.1. The quantitative estimate of drug-likeness (QED) is 0.767. The number of nitrogens with zero attached hydrogens (tertiary/aromatic N) is 2. The average molecular weight is 278 g/mol. The average Bonchev–Trinajstić information content (AvgIpc) is 2.42. The Hall–Kier alpha value is -1.62. The predicted molar refractivity (Wildman–Crippen MR) is 84.0 cm³/mol. The number of aromatic nitrogens is 1. The molecule has 0 saturated carbocycles. The molecule has 0 spiro atoms. The van der Waals surface area contributed by atoms with Crippen LogP contribution < -0.4 is 10.6 Å². The molecule has 0 unspecified atom stereocenters. The molecule has 0 bridgehead atoms. The van der Waals surface area contributed by atoms with E-state index in [-0.39, 0.29) is 11.8 Å². The summed E-state index contributed by atoms with van der Waals surface area (Å²) in [6.07, 6.45) is 3.41.